The molecule has 5 rings (SSSR count). The van der Waals surface area contributed by atoms with Crippen molar-refractivity contribution in [1.29, 1.82) is 0 Å². The second-order valence-corrected chi connectivity index (χ2v) is 9.97. The lowest BCUT2D eigenvalue weighted by Crippen LogP contribution is -2.22. The fourth-order valence-electron chi connectivity index (χ4n) is 4.50. The molecule has 4 aromatic rings. The van der Waals surface area contributed by atoms with Crippen LogP contribution in [0.3, 0.4) is 0 Å². The maximum Gasteiger partial charge on any atom is 0.416 e. The summed E-state index contributed by atoms with van der Waals surface area (Å²) in [6.07, 6.45) is -1.92. The highest BCUT2D eigenvalue weighted by atomic mass is 32.1. The van der Waals surface area contributed by atoms with Gasteiger partial charge < -0.3 is 15.6 Å². The van der Waals surface area contributed by atoms with Crippen LogP contribution < -0.4 is 10.5 Å². The molecule has 1 aromatic carbocycles. The van der Waals surface area contributed by atoms with E-state index in [-0.39, 0.29) is 22.3 Å². The van der Waals surface area contributed by atoms with E-state index in [4.69, 9.17) is 10.5 Å². The van der Waals surface area contributed by atoms with Crippen LogP contribution in [0.1, 0.15) is 45.9 Å². The smallest absolute Gasteiger partial charge is 0.416 e. The molecule has 12 heteroatoms. The van der Waals surface area contributed by atoms with Gasteiger partial charge in [0.2, 0.25) is 0 Å². The van der Waals surface area contributed by atoms with Crippen molar-refractivity contribution in [3.05, 3.63) is 70.6 Å². The molecule has 0 aliphatic carbocycles. The van der Waals surface area contributed by atoms with Crippen molar-refractivity contribution in [3.63, 3.8) is 0 Å². The summed E-state index contributed by atoms with van der Waals surface area (Å²) in [7, 11) is 0. The van der Waals surface area contributed by atoms with Crippen molar-refractivity contribution in [2.75, 3.05) is 13.1 Å². The molecule has 0 bridgehead atoms. The summed E-state index contributed by atoms with van der Waals surface area (Å²) < 4.78 is 48.2. The van der Waals surface area contributed by atoms with E-state index in [9.17, 15) is 23.1 Å². The van der Waals surface area contributed by atoms with Crippen LogP contribution in [0.4, 0.5) is 13.2 Å². The van der Waals surface area contributed by atoms with E-state index in [1.165, 1.54) is 25.1 Å². The molecule has 1 amide bonds. The van der Waals surface area contributed by atoms with Crippen molar-refractivity contribution in [2.45, 2.75) is 38.3 Å². The Labute approximate surface area is 214 Å². The van der Waals surface area contributed by atoms with Crippen molar-refractivity contribution in [2.24, 2.45) is 5.73 Å². The first-order chi connectivity index (χ1) is 17.6. The SMILES string of the molecule is C[C@@H](Oc1cc(-n2cnc3cnc(CN4CCC(O)C4)cc32)sc1C(N)=O)c1ccccc1C(F)(F)F. The van der Waals surface area contributed by atoms with Crippen LogP contribution in [0.5, 0.6) is 5.75 Å². The van der Waals surface area contributed by atoms with Crippen LogP contribution >= 0.6 is 11.3 Å². The van der Waals surface area contributed by atoms with E-state index >= 15 is 0 Å². The number of β-amino-alcohol motifs (C(OH)–C–C–N with tert-alkyl or cyclic N) is 1. The van der Waals surface area contributed by atoms with Gasteiger partial charge in [-0.1, -0.05) is 18.2 Å². The Bertz CT molecular complexity index is 1450. The molecule has 0 radical (unpaired) electrons. The number of pyridine rings is 1. The van der Waals surface area contributed by atoms with E-state index in [1.807, 2.05) is 6.07 Å². The van der Waals surface area contributed by atoms with Gasteiger partial charge in [-0.3, -0.25) is 19.2 Å². The van der Waals surface area contributed by atoms with Crippen molar-refractivity contribution >= 4 is 28.3 Å². The second-order valence-electron chi connectivity index (χ2n) is 8.94. The molecule has 1 aliphatic rings. The number of carbonyl (C=O) groups excluding carboxylic acids is 1. The molecule has 3 N–H and O–H groups in total. The number of aliphatic hydroxyl groups excluding tert-OH is 1. The standard InChI is InChI=1S/C25H24F3N5O3S/c1-14(17-4-2-3-5-18(17)25(26,27)28)36-21-9-22(37-23(21)24(29)35)33-13-31-19-10-30-15(8-20(19)33)11-32-7-6-16(34)12-32/h2-5,8-10,13-14,16,34H,6-7,11-12H2,1H3,(H2,29,35)/t14-,16?/m1/s1. The van der Waals surface area contributed by atoms with Crippen LogP contribution in [0.2, 0.25) is 0 Å². The Morgan fingerprint density at radius 1 is 1.30 bits per heavy atom. The molecular weight excluding hydrogens is 507 g/mol. The minimum absolute atomic E-state index is 0.0472. The monoisotopic (exact) mass is 531 g/mol. The van der Waals surface area contributed by atoms with Gasteiger partial charge in [0.05, 0.1) is 29.1 Å². The van der Waals surface area contributed by atoms with E-state index < -0.39 is 23.8 Å². The molecule has 37 heavy (non-hydrogen) atoms. The number of amides is 1. The van der Waals surface area contributed by atoms with Gasteiger partial charge in [0, 0.05) is 31.3 Å². The van der Waals surface area contributed by atoms with Crippen LogP contribution in [0.25, 0.3) is 16.0 Å². The highest BCUT2D eigenvalue weighted by Gasteiger charge is 2.35. The number of benzene rings is 1. The summed E-state index contributed by atoms with van der Waals surface area (Å²) in [6.45, 7) is 3.43. The molecule has 0 saturated carbocycles. The normalized spacial score (nSPS) is 17.4. The van der Waals surface area contributed by atoms with Gasteiger partial charge in [0.15, 0.2) is 0 Å². The van der Waals surface area contributed by atoms with Crippen molar-refractivity contribution < 1.29 is 27.8 Å². The van der Waals surface area contributed by atoms with Crippen LogP contribution in [0.15, 0.2) is 48.9 Å². The van der Waals surface area contributed by atoms with Gasteiger partial charge in [-0.2, -0.15) is 13.2 Å². The molecule has 1 unspecified atom stereocenters. The van der Waals surface area contributed by atoms with Crippen LogP contribution in [-0.4, -0.2) is 49.6 Å². The third-order valence-corrected chi connectivity index (χ3v) is 7.41. The predicted octanol–water partition coefficient (Wildman–Crippen LogP) is 4.31. The fraction of sp³-hybridized carbons (Fsp3) is 0.320. The number of hydrogen-bond donors (Lipinski definition) is 2. The van der Waals surface area contributed by atoms with E-state index in [1.54, 1.807) is 23.2 Å². The molecule has 1 fully saturated rings. The lowest BCUT2D eigenvalue weighted by atomic mass is 10.0. The first-order valence-corrected chi connectivity index (χ1v) is 12.4. The number of fused-ring (bicyclic) bond motifs is 1. The minimum Gasteiger partial charge on any atom is -0.484 e. The number of rotatable bonds is 7. The molecule has 0 spiro atoms. The number of nitrogens with zero attached hydrogens (tertiary/aromatic N) is 4. The summed E-state index contributed by atoms with van der Waals surface area (Å²) in [5.74, 6) is -0.652. The topological polar surface area (TPSA) is 106 Å². The van der Waals surface area contributed by atoms with E-state index in [0.717, 1.165) is 41.6 Å². The average molecular weight is 532 g/mol. The average Bonchev–Trinajstić information content (AvgIpc) is 3.56. The summed E-state index contributed by atoms with van der Waals surface area (Å²) in [5, 5.41) is 10.4. The molecule has 3 aromatic heterocycles. The molecular formula is C25H24F3N5O3S. The van der Waals surface area contributed by atoms with Gasteiger partial charge in [-0.05, 0) is 25.5 Å². The zero-order valence-electron chi connectivity index (χ0n) is 19.8. The lowest BCUT2D eigenvalue weighted by molar-refractivity contribution is -0.139. The highest BCUT2D eigenvalue weighted by molar-refractivity contribution is 7.16. The quantitative estimate of drug-likeness (QED) is 0.368. The van der Waals surface area contributed by atoms with E-state index in [0.29, 0.717) is 23.6 Å². The zero-order chi connectivity index (χ0) is 26.3. The first kappa shape index (κ1) is 25.2. The van der Waals surface area contributed by atoms with Gasteiger partial charge in [-0.25, -0.2) is 4.98 Å². The number of aliphatic hydroxyl groups is 1. The van der Waals surface area contributed by atoms with Gasteiger partial charge in [0.25, 0.3) is 5.91 Å². The number of carbonyl (C=O) groups is 1. The number of alkyl halides is 3. The van der Waals surface area contributed by atoms with Gasteiger partial charge >= 0.3 is 6.18 Å². The molecule has 1 saturated heterocycles. The maximum absolute atomic E-state index is 13.5. The molecule has 8 nitrogen and oxygen atoms in total. The Kier molecular flexibility index (Phi) is 6.65. The van der Waals surface area contributed by atoms with Gasteiger partial charge in [0.1, 0.15) is 33.6 Å². The fourth-order valence-corrected chi connectivity index (χ4v) is 5.43. The van der Waals surface area contributed by atoms with Crippen molar-refractivity contribution in [3.8, 4) is 10.8 Å². The van der Waals surface area contributed by atoms with E-state index in [2.05, 4.69) is 14.9 Å². The molecule has 2 atom stereocenters. The molecule has 1 aliphatic heterocycles. The number of ether oxygens (including phenoxy) is 1. The first-order valence-electron chi connectivity index (χ1n) is 11.6. The number of halogens is 3. The number of hydrogen-bond acceptors (Lipinski definition) is 7. The van der Waals surface area contributed by atoms with Crippen molar-refractivity contribution in [1.82, 2.24) is 19.4 Å². The summed E-state index contributed by atoms with van der Waals surface area (Å²) in [6, 6.07) is 8.63. The number of primary amides is 1. The Morgan fingerprint density at radius 3 is 2.78 bits per heavy atom. The summed E-state index contributed by atoms with van der Waals surface area (Å²) >= 11 is 1.06. The second kappa shape index (κ2) is 9.77. The zero-order valence-corrected chi connectivity index (χ0v) is 20.6. The third-order valence-electron chi connectivity index (χ3n) is 6.28. The highest BCUT2D eigenvalue weighted by Crippen LogP contribution is 2.39. The number of thiophene rings is 1. The largest absolute Gasteiger partial charge is 0.484 e. The summed E-state index contributed by atoms with van der Waals surface area (Å²) in [4.78, 5) is 23.3. The predicted molar refractivity (Wildman–Crippen MR) is 132 cm³/mol. The van der Waals surface area contributed by atoms with Crippen LogP contribution in [0, 0.1) is 0 Å². The Balaban J connectivity index is 1.46. The number of likely N-dealkylation sites (tertiary alicyclic amines) is 1. The lowest BCUT2D eigenvalue weighted by Gasteiger charge is -2.19. The summed E-state index contributed by atoms with van der Waals surface area (Å²) in [5.41, 5.74) is 6.91. The maximum atomic E-state index is 13.5. The van der Waals surface area contributed by atoms with Gasteiger partial charge in [-0.15, -0.1) is 11.3 Å². The number of imidazole rings is 1. The minimum atomic E-state index is -4.55. The Hall–Kier alpha value is -3.48. The molecule has 194 valence electrons. The number of nitrogens with two attached hydrogens (primary N) is 1. The third kappa shape index (κ3) is 5.17. The Morgan fingerprint density at radius 2 is 2.08 bits per heavy atom. The molecule has 4 heterocycles. The number of aromatic nitrogens is 3. The van der Waals surface area contributed by atoms with Crippen LogP contribution in [-0.2, 0) is 12.7 Å².